The second-order valence-corrected chi connectivity index (χ2v) is 4.48. The van der Waals surface area contributed by atoms with Crippen LogP contribution in [-0.4, -0.2) is 15.1 Å². The Balaban J connectivity index is 1.83. The van der Waals surface area contributed by atoms with Crippen molar-refractivity contribution in [2.75, 3.05) is 0 Å². The van der Waals surface area contributed by atoms with Crippen LogP contribution < -0.4 is 5.32 Å². The fourth-order valence-electron chi connectivity index (χ4n) is 1.27. The minimum absolute atomic E-state index is 0.150. The molecule has 0 amide bonds. The first-order valence-corrected chi connectivity index (χ1v) is 5.70. The normalized spacial score (nSPS) is 10.6. The van der Waals surface area contributed by atoms with Crippen LogP contribution in [0.4, 0.5) is 5.00 Å². The summed E-state index contributed by atoms with van der Waals surface area (Å²) in [6, 6.07) is 3.23. The predicted octanol–water partition coefficient (Wildman–Crippen LogP) is 1.64. The molecule has 0 bridgehead atoms. The van der Waals surface area contributed by atoms with Gasteiger partial charge in [-0.3, -0.25) is 10.1 Å². The number of aryl methyl sites for hydroxylation is 1. The third kappa shape index (κ3) is 3.08. The van der Waals surface area contributed by atoms with Crippen molar-refractivity contribution in [3.63, 3.8) is 0 Å². The third-order valence-corrected chi connectivity index (χ3v) is 3.02. The van der Waals surface area contributed by atoms with Crippen LogP contribution in [0.1, 0.15) is 16.6 Å². The highest BCUT2D eigenvalue weighted by Crippen LogP contribution is 2.23. The third-order valence-electron chi connectivity index (χ3n) is 1.98. The Bertz CT molecular complexity index is 522. The second-order valence-electron chi connectivity index (χ2n) is 3.33. The van der Waals surface area contributed by atoms with Gasteiger partial charge in [-0.15, -0.1) is 0 Å². The van der Waals surface area contributed by atoms with Crippen LogP contribution in [0.15, 0.2) is 16.7 Å². The first-order valence-electron chi connectivity index (χ1n) is 4.88. The van der Waals surface area contributed by atoms with E-state index in [9.17, 15) is 10.1 Å². The predicted molar refractivity (Wildman–Crippen MR) is 60.6 cm³/mol. The lowest BCUT2D eigenvalue weighted by Gasteiger charge is -1.97. The smallest absolute Gasteiger partial charge is 0.324 e. The maximum Gasteiger partial charge on any atom is 0.324 e. The zero-order valence-electron chi connectivity index (χ0n) is 9.04. The Hall–Kier alpha value is -1.80. The minimum Gasteiger partial charge on any atom is -0.340 e. The minimum atomic E-state index is -0.392. The fraction of sp³-hybridized carbons (Fsp3) is 0.333. The lowest BCUT2D eigenvalue weighted by atomic mass is 10.4. The van der Waals surface area contributed by atoms with Crippen molar-refractivity contribution in [1.29, 1.82) is 0 Å². The Morgan fingerprint density at radius 1 is 1.53 bits per heavy atom. The van der Waals surface area contributed by atoms with Crippen molar-refractivity contribution >= 4 is 16.3 Å². The summed E-state index contributed by atoms with van der Waals surface area (Å²) in [5.74, 6) is 1.10. The van der Waals surface area contributed by atoms with Crippen LogP contribution >= 0.6 is 11.3 Å². The number of hydrogen-bond acceptors (Lipinski definition) is 7. The Morgan fingerprint density at radius 2 is 2.35 bits per heavy atom. The molecule has 2 rings (SSSR count). The molecule has 0 aromatic carbocycles. The van der Waals surface area contributed by atoms with Gasteiger partial charge in [0.1, 0.15) is 0 Å². The zero-order valence-corrected chi connectivity index (χ0v) is 9.86. The SMILES string of the molecule is Cc1nc(CNCc2ccc([N+](=O)[O-])s2)no1. The van der Waals surface area contributed by atoms with Crippen molar-refractivity contribution in [2.45, 2.75) is 20.0 Å². The van der Waals surface area contributed by atoms with Gasteiger partial charge in [-0.1, -0.05) is 16.5 Å². The summed E-state index contributed by atoms with van der Waals surface area (Å²) in [4.78, 5) is 15.0. The highest BCUT2D eigenvalue weighted by Gasteiger charge is 2.09. The van der Waals surface area contributed by atoms with Crippen molar-refractivity contribution in [2.24, 2.45) is 0 Å². The van der Waals surface area contributed by atoms with Crippen LogP contribution in [0.25, 0.3) is 0 Å². The van der Waals surface area contributed by atoms with E-state index in [1.807, 2.05) is 0 Å². The molecule has 0 saturated heterocycles. The van der Waals surface area contributed by atoms with E-state index in [1.165, 1.54) is 6.07 Å². The maximum atomic E-state index is 10.5. The molecule has 0 atom stereocenters. The van der Waals surface area contributed by atoms with Crippen molar-refractivity contribution in [3.05, 3.63) is 38.8 Å². The number of nitrogens with one attached hydrogen (secondary N) is 1. The number of hydrogen-bond donors (Lipinski definition) is 1. The van der Waals surface area contributed by atoms with E-state index in [2.05, 4.69) is 15.5 Å². The van der Waals surface area contributed by atoms with E-state index in [-0.39, 0.29) is 5.00 Å². The Labute approximate surface area is 101 Å². The van der Waals surface area contributed by atoms with Crippen LogP contribution in [0.3, 0.4) is 0 Å². The first kappa shape index (κ1) is 11.7. The summed E-state index contributed by atoms with van der Waals surface area (Å²) >= 11 is 1.16. The van der Waals surface area contributed by atoms with Gasteiger partial charge in [-0.05, 0) is 6.07 Å². The fourth-order valence-corrected chi connectivity index (χ4v) is 2.06. The molecule has 0 unspecified atom stereocenters. The number of nitro groups is 1. The zero-order chi connectivity index (χ0) is 12.3. The van der Waals surface area contributed by atoms with E-state index >= 15 is 0 Å². The number of nitrogens with zero attached hydrogens (tertiary/aromatic N) is 3. The molecule has 2 heterocycles. The van der Waals surface area contributed by atoms with Gasteiger partial charge in [0.05, 0.1) is 11.5 Å². The molecule has 2 aromatic rings. The summed E-state index contributed by atoms with van der Waals surface area (Å²) in [7, 11) is 0. The quantitative estimate of drug-likeness (QED) is 0.643. The lowest BCUT2D eigenvalue weighted by molar-refractivity contribution is -0.380. The van der Waals surface area contributed by atoms with E-state index < -0.39 is 4.92 Å². The Kier molecular flexibility index (Phi) is 3.45. The molecule has 1 N–H and O–H groups in total. The van der Waals surface area contributed by atoms with E-state index in [4.69, 9.17) is 4.52 Å². The van der Waals surface area contributed by atoms with Gasteiger partial charge < -0.3 is 9.84 Å². The second kappa shape index (κ2) is 5.02. The molecule has 7 nitrogen and oxygen atoms in total. The van der Waals surface area contributed by atoms with Gasteiger partial charge >= 0.3 is 5.00 Å². The molecule has 0 aliphatic heterocycles. The first-order chi connectivity index (χ1) is 8.15. The van der Waals surface area contributed by atoms with Crippen LogP contribution in [-0.2, 0) is 13.1 Å². The summed E-state index contributed by atoms with van der Waals surface area (Å²) in [5.41, 5.74) is 0. The van der Waals surface area contributed by atoms with Crippen molar-refractivity contribution in [3.8, 4) is 0 Å². The highest BCUT2D eigenvalue weighted by atomic mass is 32.1. The largest absolute Gasteiger partial charge is 0.340 e. The van der Waals surface area contributed by atoms with Crippen LogP contribution in [0.2, 0.25) is 0 Å². The van der Waals surface area contributed by atoms with Crippen LogP contribution in [0, 0.1) is 17.0 Å². The monoisotopic (exact) mass is 254 g/mol. The summed E-state index contributed by atoms with van der Waals surface area (Å²) in [6.45, 7) is 2.74. The topological polar surface area (TPSA) is 94.1 Å². The van der Waals surface area contributed by atoms with Gasteiger partial charge in [0.2, 0.25) is 5.89 Å². The average Bonchev–Trinajstić information content (AvgIpc) is 2.88. The Morgan fingerprint density at radius 3 is 2.94 bits per heavy atom. The molecule has 0 radical (unpaired) electrons. The lowest BCUT2D eigenvalue weighted by Crippen LogP contribution is -2.12. The van der Waals surface area contributed by atoms with Gasteiger partial charge in [0.25, 0.3) is 0 Å². The maximum absolute atomic E-state index is 10.5. The van der Waals surface area contributed by atoms with E-state index in [0.29, 0.717) is 24.8 Å². The number of rotatable bonds is 5. The van der Waals surface area contributed by atoms with Crippen molar-refractivity contribution in [1.82, 2.24) is 15.5 Å². The molecule has 90 valence electrons. The summed E-state index contributed by atoms with van der Waals surface area (Å²) in [6.07, 6.45) is 0. The molecule has 17 heavy (non-hydrogen) atoms. The number of aromatic nitrogens is 2. The molecular weight excluding hydrogens is 244 g/mol. The van der Waals surface area contributed by atoms with Crippen molar-refractivity contribution < 1.29 is 9.45 Å². The molecular formula is C9H10N4O3S. The molecule has 0 aliphatic rings. The highest BCUT2D eigenvalue weighted by molar-refractivity contribution is 7.15. The van der Waals surface area contributed by atoms with E-state index in [1.54, 1.807) is 13.0 Å². The summed E-state index contributed by atoms with van der Waals surface area (Å²) in [5, 5.41) is 17.4. The van der Waals surface area contributed by atoms with E-state index in [0.717, 1.165) is 16.2 Å². The average molecular weight is 254 g/mol. The summed E-state index contributed by atoms with van der Waals surface area (Å²) < 4.78 is 4.82. The van der Waals surface area contributed by atoms with Gasteiger partial charge in [0.15, 0.2) is 5.82 Å². The standard InChI is InChI=1S/C9H10N4O3S/c1-6-11-8(12-16-6)5-10-4-7-2-3-9(17-7)13(14)15/h2-3,10H,4-5H2,1H3. The molecule has 2 aromatic heterocycles. The van der Waals surface area contributed by atoms with Gasteiger partial charge in [0, 0.05) is 24.4 Å². The number of thiophene rings is 1. The molecule has 0 saturated carbocycles. The molecule has 0 spiro atoms. The molecule has 0 fully saturated rings. The molecule has 8 heteroatoms. The molecule has 0 aliphatic carbocycles. The van der Waals surface area contributed by atoms with Gasteiger partial charge in [-0.25, -0.2) is 0 Å². The van der Waals surface area contributed by atoms with Crippen LogP contribution in [0.5, 0.6) is 0 Å². The van der Waals surface area contributed by atoms with Gasteiger partial charge in [-0.2, -0.15) is 4.98 Å².